The van der Waals surface area contributed by atoms with Crippen LogP contribution in [-0.2, 0) is 0 Å². The maximum absolute atomic E-state index is 5.57. The first-order chi connectivity index (χ1) is 5.06. The highest BCUT2D eigenvalue weighted by atomic mass is 35.6. The molecule has 0 rings (SSSR count). The summed E-state index contributed by atoms with van der Waals surface area (Å²) in [5.41, 5.74) is 0. The average molecular weight is 231 g/mol. The van der Waals surface area contributed by atoms with Crippen molar-refractivity contribution in [3.05, 3.63) is 0 Å². The zero-order valence-corrected chi connectivity index (χ0v) is 9.64. The standard InChI is InChI=1S/C7H12Cl3Si/c8-7(9,10)5-3-1-2-4-6-11/h1-6H2. The van der Waals surface area contributed by atoms with Crippen molar-refractivity contribution >= 4 is 45.0 Å². The van der Waals surface area contributed by atoms with Crippen LogP contribution >= 0.6 is 34.8 Å². The molecule has 0 spiro atoms. The van der Waals surface area contributed by atoms with E-state index in [4.69, 9.17) is 34.8 Å². The molecule has 0 aromatic rings. The van der Waals surface area contributed by atoms with Crippen LogP contribution < -0.4 is 0 Å². The Balaban J connectivity index is 3.02. The van der Waals surface area contributed by atoms with Gasteiger partial charge in [-0.3, -0.25) is 0 Å². The molecule has 0 aliphatic carbocycles. The highest BCUT2D eigenvalue weighted by molar-refractivity contribution is 6.67. The summed E-state index contributed by atoms with van der Waals surface area (Å²) in [6.45, 7) is 0. The van der Waals surface area contributed by atoms with Gasteiger partial charge in [0, 0.05) is 10.2 Å². The molecule has 0 aliphatic rings. The zero-order chi connectivity index (χ0) is 8.74. The number of rotatable bonds is 5. The van der Waals surface area contributed by atoms with Gasteiger partial charge in [-0.25, -0.2) is 0 Å². The van der Waals surface area contributed by atoms with E-state index in [1.165, 1.54) is 12.8 Å². The molecule has 0 N–H and O–H groups in total. The monoisotopic (exact) mass is 229 g/mol. The largest absolute Gasteiger partial charge is 0.190 e. The molecule has 11 heavy (non-hydrogen) atoms. The Morgan fingerprint density at radius 2 is 1.45 bits per heavy atom. The van der Waals surface area contributed by atoms with E-state index in [0.29, 0.717) is 6.42 Å². The fourth-order valence-corrected chi connectivity index (χ4v) is 1.45. The molecule has 0 aliphatic heterocycles. The summed E-state index contributed by atoms with van der Waals surface area (Å²) in [7, 11) is 3.41. The van der Waals surface area contributed by atoms with Gasteiger partial charge in [-0.15, -0.1) is 0 Å². The molecule has 0 aromatic carbocycles. The molecule has 0 amide bonds. The van der Waals surface area contributed by atoms with Gasteiger partial charge in [-0.2, -0.15) is 0 Å². The molecular formula is C7H12Cl3Si. The lowest BCUT2D eigenvalue weighted by atomic mass is 10.2. The van der Waals surface area contributed by atoms with Gasteiger partial charge in [0.1, 0.15) is 0 Å². The second kappa shape index (κ2) is 6.59. The Bertz CT molecular complexity index is 90.2. The summed E-state index contributed by atoms with van der Waals surface area (Å²) >= 11 is 16.7. The summed E-state index contributed by atoms with van der Waals surface area (Å²) < 4.78 is -1.05. The minimum Gasteiger partial charge on any atom is -0.0837 e. The maximum atomic E-state index is 5.57. The van der Waals surface area contributed by atoms with Crippen LogP contribution in [0.4, 0.5) is 0 Å². The topological polar surface area (TPSA) is 0 Å². The van der Waals surface area contributed by atoms with E-state index >= 15 is 0 Å². The van der Waals surface area contributed by atoms with Crippen molar-refractivity contribution in [3.63, 3.8) is 0 Å². The molecule has 0 nitrogen and oxygen atoms in total. The second-order valence-corrected chi connectivity index (χ2v) is 5.55. The van der Waals surface area contributed by atoms with E-state index in [2.05, 4.69) is 10.2 Å². The maximum Gasteiger partial charge on any atom is 0.190 e. The van der Waals surface area contributed by atoms with Gasteiger partial charge in [-0.1, -0.05) is 60.1 Å². The SMILES string of the molecule is [Si]CCCCCCC(Cl)(Cl)Cl. The van der Waals surface area contributed by atoms with Crippen LogP contribution in [0.3, 0.4) is 0 Å². The van der Waals surface area contributed by atoms with Crippen LogP contribution in [0, 0.1) is 0 Å². The third-order valence-electron chi connectivity index (χ3n) is 1.39. The number of hydrogen-bond donors (Lipinski definition) is 0. The van der Waals surface area contributed by atoms with Crippen molar-refractivity contribution in [2.45, 2.75) is 41.9 Å². The first kappa shape index (κ1) is 12.1. The molecule has 0 aromatic heterocycles. The van der Waals surface area contributed by atoms with Crippen LogP contribution in [0.15, 0.2) is 0 Å². The summed E-state index contributed by atoms with van der Waals surface area (Å²) in [6, 6.07) is 1.06. The van der Waals surface area contributed by atoms with Crippen LogP contribution in [0.25, 0.3) is 0 Å². The van der Waals surface area contributed by atoms with E-state index in [-0.39, 0.29) is 0 Å². The summed E-state index contributed by atoms with van der Waals surface area (Å²) in [4.78, 5) is 0. The van der Waals surface area contributed by atoms with E-state index in [1.54, 1.807) is 0 Å². The van der Waals surface area contributed by atoms with Crippen LogP contribution in [0.5, 0.6) is 0 Å². The predicted molar refractivity (Wildman–Crippen MR) is 53.9 cm³/mol. The first-order valence-corrected chi connectivity index (χ1v) is 5.62. The third-order valence-corrected chi connectivity index (χ3v) is 2.31. The van der Waals surface area contributed by atoms with Crippen molar-refractivity contribution in [1.82, 2.24) is 0 Å². The fraction of sp³-hybridized carbons (Fsp3) is 1.00. The predicted octanol–water partition coefficient (Wildman–Crippen LogP) is 3.89. The zero-order valence-electron chi connectivity index (χ0n) is 6.38. The number of hydrogen-bond acceptors (Lipinski definition) is 0. The second-order valence-electron chi connectivity index (χ2n) is 2.53. The molecule has 0 saturated carbocycles. The summed E-state index contributed by atoms with van der Waals surface area (Å²) in [5.74, 6) is 0. The Morgan fingerprint density at radius 3 is 1.91 bits per heavy atom. The lowest BCUT2D eigenvalue weighted by Gasteiger charge is -2.09. The highest BCUT2D eigenvalue weighted by Crippen LogP contribution is 2.32. The van der Waals surface area contributed by atoms with Crippen LogP contribution in [0.2, 0.25) is 6.04 Å². The van der Waals surface area contributed by atoms with Gasteiger partial charge in [0.15, 0.2) is 3.79 Å². The van der Waals surface area contributed by atoms with Gasteiger partial charge in [-0.05, 0) is 12.8 Å². The van der Waals surface area contributed by atoms with Gasteiger partial charge in [0.05, 0.1) is 0 Å². The molecule has 0 saturated heterocycles. The third kappa shape index (κ3) is 11.1. The molecule has 0 fully saturated rings. The molecule has 65 valence electrons. The van der Waals surface area contributed by atoms with Gasteiger partial charge in [0.25, 0.3) is 0 Å². The lowest BCUT2D eigenvalue weighted by molar-refractivity contribution is 0.639. The summed E-state index contributed by atoms with van der Waals surface area (Å²) in [5, 5.41) is 0. The Morgan fingerprint density at radius 1 is 0.909 bits per heavy atom. The quantitative estimate of drug-likeness (QED) is 0.382. The van der Waals surface area contributed by atoms with E-state index < -0.39 is 3.79 Å². The van der Waals surface area contributed by atoms with Crippen molar-refractivity contribution in [2.75, 3.05) is 0 Å². The van der Waals surface area contributed by atoms with Crippen molar-refractivity contribution < 1.29 is 0 Å². The normalized spacial score (nSPS) is 12.0. The van der Waals surface area contributed by atoms with E-state index in [9.17, 15) is 0 Å². The van der Waals surface area contributed by atoms with Crippen LogP contribution in [0.1, 0.15) is 32.1 Å². The van der Waals surface area contributed by atoms with Gasteiger partial charge in [0.2, 0.25) is 0 Å². The minimum absolute atomic E-state index is 0.666. The van der Waals surface area contributed by atoms with E-state index in [1.807, 2.05) is 0 Å². The summed E-state index contributed by atoms with van der Waals surface area (Å²) in [6.07, 6.45) is 5.24. The first-order valence-electron chi connectivity index (χ1n) is 3.77. The number of halogens is 3. The van der Waals surface area contributed by atoms with Crippen molar-refractivity contribution in [3.8, 4) is 0 Å². The molecule has 0 heterocycles. The Hall–Kier alpha value is 1.09. The number of unbranched alkanes of at least 4 members (excludes halogenated alkanes) is 3. The van der Waals surface area contributed by atoms with Crippen LogP contribution in [-0.4, -0.2) is 14.0 Å². The molecule has 0 unspecified atom stereocenters. The molecule has 0 bridgehead atoms. The average Bonchev–Trinajstić information content (AvgIpc) is 1.85. The molecule has 0 atom stereocenters. The fourth-order valence-electron chi connectivity index (χ4n) is 0.804. The van der Waals surface area contributed by atoms with Crippen molar-refractivity contribution in [2.24, 2.45) is 0 Å². The van der Waals surface area contributed by atoms with Gasteiger partial charge < -0.3 is 0 Å². The smallest absolute Gasteiger partial charge is 0.0837 e. The number of alkyl halides is 3. The molecule has 4 heteroatoms. The molecule has 3 radical (unpaired) electrons. The molecular weight excluding hydrogens is 219 g/mol. The lowest BCUT2D eigenvalue weighted by Crippen LogP contribution is -2.00. The van der Waals surface area contributed by atoms with Crippen molar-refractivity contribution in [1.29, 1.82) is 0 Å². The minimum atomic E-state index is -1.05. The highest BCUT2D eigenvalue weighted by Gasteiger charge is 2.17. The Kier molecular flexibility index (Phi) is 7.24. The Labute approximate surface area is 87.0 Å². The van der Waals surface area contributed by atoms with Gasteiger partial charge >= 0.3 is 0 Å². The van der Waals surface area contributed by atoms with E-state index in [0.717, 1.165) is 18.9 Å².